The number of nitrogens with one attached hydrogen (secondary N) is 1. The topological polar surface area (TPSA) is 58.9 Å². The molecule has 2 heterocycles. The maximum absolute atomic E-state index is 11.0. The zero-order valence-electron chi connectivity index (χ0n) is 7.15. The van der Waals surface area contributed by atoms with Crippen LogP contribution in [-0.2, 0) is 0 Å². The third kappa shape index (κ3) is 0.877. The van der Waals surface area contributed by atoms with E-state index in [4.69, 9.17) is 4.42 Å². The maximum Gasteiger partial charge on any atom is 0.417 e. The van der Waals surface area contributed by atoms with Gasteiger partial charge in [-0.25, -0.2) is 4.79 Å². The minimum atomic E-state index is -0.434. The van der Waals surface area contributed by atoms with E-state index in [1.165, 1.54) is 0 Å². The summed E-state index contributed by atoms with van der Waals surface area (Å²) in [7, 11) is 0. The summed E-state index contributed by atoms with van der Waals surface area (Å²) < 4.78 is 5.03. The summed E-state index contributed by atoms with van der Waals surface area (Å²) in [5.74, 6) is -0.434. The molecule has 3 rings (SSSR count). The highest BCUT2D eigenvalue weighted by molar-refractivity contribution is 6.00. The number of nitrogens with zero attached hydrogens (tertiary/aromatic N) is 1. The van der Waals surface area contributed by atoms with Crippen LogP contribution >= 0.6 is 0 Å². The first-order valence-electron chi connectivity index (χ1n) is 4.21. The minimum Gasteiger partial charge on any atom is -0.407 e. The predicted octanol–water partition coefficient (Wildman–Crippen LogP) is 1.67. The number of hydrogen-bond donors (Lipinski definition) is 1. The molecule has 4 nitrogen and oxygen atoms in total. The second-order valence-corrected chi connectivity index (χ2v) is 3.03. The van der Waals surface area contributed by atoms with Gasteiger partial charge in [-0.15, -0.1) is 0 Å². The van der Waals surface area contributed by atoms with Crippen LogP contribution in [0.1, 0.15) is 0 Å². The van der Waals surface area contributed by atoms with E-state index >= 15 is 0 Å². The fourth-order valence-electron chi connectivity index (χ4n) is 1.56. The summed E-state index contributed by atoms with van der Waals surface area (Å²) in [6, 6.07) is 7.33. The summed E-state index contributed by atoms with van der Waals surface area (Å²) >= 11 is 0. The van der Waals surface area contributed by atoms with Gasteiger partial charge >= 0.3 is 5.76 Å². The van der Waals surface area contributed by atoms with Gasteiger partial charge in [0.1, 0.15) is 0 Å². The van der Waals surface area contributed by atoms with Crippen molar-refractivity contribution in [2.24, 2.45) is 0 Å². The summed E-state index contributed by atoms with van der Waals surface area (Å²) in [5, 5.41) is 0.850. The normalized spacial score (nSPS) is 11.1. The van der Waals surface area contributed by atoms with Gasteiger partial charge in [0.25, 0.3) is 0 Å². The molecule has 0 unspecified atom stereocenters. The molecule has 0 radical (unpaired) electrons. The van der Waals surface area contributed by atoms with Gasteiger partial charge in [0, 0.05) is 11.6 Å². The van der Waals surface area contributed by atoms with Gasteiger partial charge in [0.15, 0.2) is 5.58 Å². The van der Waals surface area contributed by atoms with Crippen LogP contribution in [0.5, 0.6) is 0 Å². The quantitative estimate of drug-likeness (QED) is 0.581. The molecule has 0 amide bonds. The Labute approximate surface area is 78.2 Å². The molecule has 0 saturated heterocycles. The Morgan fingerprint density at radius 1 is 1.29 bits per heavy atom. The van der Waals surface area contributed by atoms with Crippen molar-refractivity contribution in [3.05, 3.63) is 41.0 Å². The number of rotatable bonds is 0. The number of aromatic nitrogens is 2. The third-order valence-corrected chi connectivity index (χ3v) is 2.17. The molecule has 0 saturated carbocycles. The highest BCUT2D eigenvalue weighted by atomic mass is 16.4. The highest BCUT2D eigenvalue weighted by Gasteiger charge is 2.05. The molecular formula is C10H6N2O2. The van der Waals surface area contributed by atoms with Gasteiger partial charge in [-0.05, 0) is 24.3 Å². The summed E-state index contributed by atoms with van der Waals surface area (Å²) in [5.41, 5.74) is 2.10. The first-order chi connectivity index (χ1) is 6.84. The van der Waals surface area contributed by atoms with E-state index in [0.717, 1.165) is 10.9 Å². The minimum absolute atomic E-state index is 0.434. The summed E-state index contributed by atoms with van der Waals surface area (Å²) in [6.45, 7) is 0. The Morgan fingerprint density at radius 3 is 3.14 bits per heavy atom. The van der Waals surface area contributed by atoms with Crippen molar-refractivity contribution in [1.29, 1.82) is 0 Å². The van der Waals surface area contributed by atoms with Crippen LogP contribution < -0.4 is 5.76 Å². The van der Waals surface area contributed by atoms with Crippen molar-refractivity contribution in [1.82, 2.24) is 9.97 Å². The lowest BCUT2D eigenvalue weighted by molar-refractivity contribution is 0.558. The summed E-state index contributed by atoms with van der Waals surface area (Å²) in [6.07, 6.45) is 1.71. The van der Waals surface area contributed by atoms with Gasteiger partial charge in [-0.2, -0.15) is 0 Å². The molecular weight excluding hydrogens is 180 g/mol. The Kier molecular flexibility index (Phi) is 1.28. The number of fused-ring (bicyclic) bond motifs is 3. The average molecular weight is 186 g/mol. The number of benzene rings is 1. The number of H-pyrrole nitrogens is 1. The van der Waals surface area contributed by atoms with Gasteiger partial charge < -0.3 is 4.42 Å². The van der Waals surface area contributed by atoms with E-state index in [2.05, 4.69) is 9.97 Å². The number of oxazole rings is 1. The lowest BCUT2D eigenvalue weighted by Crippen LogP contribution is -1.92. The fourth-order valence-corrected chi connectivity index (χ4v) is 1.56. The lowest BCUT2D eigenvalue weighted by Gasteiger charge is -1.94. The van der Waals surface area contributed by atoms with Crippen molar-refractivity contribution in [2.45, 2.75) is 0 Å². The maximum atomic E-state index is 11.0. The fraction of sp³-hybridized carbons (Fsp3) is 0. The van der Waals surface area contributed by atoms with E-state index in [0.29, 0.717) is 11.1 Å². The van der Waals surface area contributed by atoms with Crippen LogP contribution in [-0.4, -0.2) is 9.97 Å². The summed E-state index contributed by atoms with van der Waals surface area (Å²) in [4.78, 5) is 17.8. The van der Waals surface area contributed by atoms with E-state index in [1.807, 2.05) is 18.2 Å². The number of hydrogen-bond acceptors (Lipinski definition) is 3. The highest BCUT2D eigenvalue weighted by Crippen LogP contribution is 2.20. The SMILES string of the molecule is O=c1[nH]c2ccc3ncccc3c2o1. The molecule has 0 aliphatic heterocycles. The van der Waals surface area contributed by atoms with Crippen LogP contribution in [0, 0.1) is 0 Å². The molecule has 14 heavy (non-hydrogen) atoms. The van der Waals surface area contributed by atoms with Crippen molar-refractivity contribution in [2.75, 3.05) is 0 Å². The van der Waals surface area contributed by atoms with Gasteiger partial charge in [0.2, 0.25) is 0 Å². The molecule has 2 aromatic heterocycles. The molecule has 0 atom stereocenters. The Morgan fingerprint density at radius 2 is 2.21 bits per heavy atom. The van der Waals surface area contributed by atoms with E-state index in [9.17, 15) is 4.79 Å². The first kappa shape index (κ1) is 7.32. The van der Waals surface area contributed by atoms with Crippen LogP contribution in [0.3, 0.4) is 0 Å². The molecule has 68 valence electrons. The number of aromatic amines is 1. The predicted molar refractivity (Wildman–Crippen MR) is 52.1 cm³/mol. The van der Waals surface area contributed by atoms with Gasteiger partial charge in [0.05, 0.1) is 11.0 Å². The molecule has 0 bridgehead atoms. The van der Waals surface area contributed by atoms with Crippen LogP contribution in [0.25, 0.3) is 22.0 Å². The van der Waals surface area contributed by atoms with Crippen molar-refractivity contribution in [3.8, 4) is 0 Å². The van der Waals surface area contributed by atoms with Crippen LogP contribution in [0.4, 0.5) is 0 Å². The van der Waals surface area contributed by atoms with E-state index < -0.39 is 5.76 Å². The van der Waals surface area contributed by atoms with Crippen molar-refractivity contribution in [3.63, 3.8) is 0 Å². The van der Waals surface area contributed by atoms with Gasteiger partial charge in [-0.3, -0.25) is 9.97 Å². The van der Waals surface area contributed by atoms with Crippen molar-refractivity contribution >= 4 is 22.0 Å². The molecule has 0 spiro atoms. The largest absolute Gasteiger partial charge is 0.417 e. The second-order valence-electron chi connectivity index (χ2n) is 3.03. The first-order valence-corrected chi connectivity index (χ1v) is 4.21. The zero-order chi connectivity index (χ0) is 9.54. The molecule has 3 aromatic rings. The molecule has 0 aliphatic rings. The molecule has 0 fully saturated rings. The second kappa shape index (κ2) is 2.45. The van der Waals surface area contributed by atoms with Crippen molar-refractivity contribution < 1.29 is 4.42 Å². The van der Waals surface area contributed by atoms with Crippen LogP contribution in [0.2, 0.25) is 0 Å². The molecule has 0 aliphatic carbocycles. The lowest BCUT2D eigenvalue weighted by atomic mass is 10.2. The Balaban J connectivity index is 2.66. The monoisotopic (exact) mass is 186 g/mol. The zero-order valence-corrected chi connectivity index (χ0v) is 7.15. The molecule has 1 N–H and O–H groups in total. The van der Waals surface area contributed by atoms with Crippen LogP contribution in [0.15, 0.2) is 39.7 Å². The Bertz CT molecular complexity index is 666. The van der Waals surface area contributed by atoms with E-state index in [-0.39, 0.29) is 0 Å². The Hall–Kier alpha value is -2.10. The van der Waals surface area contributed by atoms with Gasteiger partial charge in [-0.1, -0.05) is 0 Å². The number of pyridine rings is 1. The molecule has 1 aromatic carbocycles. The third-order valence-electron chi connectivity index (χ3n) is 2.17. The average Bonchev–Trinajstić information content (AvgIpc) is 2.59. The smallest absolute Gasteiger partial charge is 0.407 e. The molecule has 4 heteroatoms. The van der Waals surface area contributed by atoms with E-state index in [1.54, 1.807) is 12.3 Å². The standard InChI is InChI=1S/C10H6N2O2/c13-10-12-8-4-3-7-6(9(8)14-10)2-1-5-11-7/h1-5H,(H,12,13).